The van der Waals surface area contributed by atoms with Crippen molar-refractivity contribution in [2.24, 2.45) is 5.73 Å². The number of nitrogens with two attached hydrogens (primary N) is 1. The van der Waals surface area contributed by atoms with Crippen molar-refractivity contribution in [1.29, 1.82) is 0 Å². The molecule has 0 aliphatic heterocycles. The Morgan fingerprint density at radius 3 is 2.26 bits per heavy atom. The number of amides is 2. The van der Waals surface area contributed by atoms with E-state index in [2.05, 4.69) is 29.4 Å². The second-order valence-corrected chi connectivity index (χ2v) is 7.93. The van der Waals surface area contributed by atoms with Crippen LogP contribution in [0.15, 0.2) is 30.3 Å². The van der Waals surface area contributed by atoms with Gasteiger partial charge in [-0.1, -0.05) is 57.0 Å². The molecule has 7 heteroatoms. The zero-order chi connectivity index (χ0) is 22.7. The number of nitrogens with one attached hydrogen (secondary N) is 2. The molecule has 0 aliphatic rings. The van der Waals surface area contributed by atoms with Crippen LogP contribution in [0.5, 0.6) is 0 Å². The minimum Gasteiger partial charge on any atom is -0.445 e. The van der Waals surface area contributed by atoms with Crippen molar-refractivity contribution in [2.45, 2.75) is 71.4 Å². The van der Waals surface area contributed by atoms with Gasteiger partial charge in [-0.05, 0) is 50.8 Å². The third kappa shape index (κ3) is 13.7. The van der Waals surface area contributed by atoms with Gasteiger partial charge in [0.05, 0.1) is 6.04 Å². The van der Waals surface area contributed by atoms with E-state index in [1.165, 1.54) is 25.7 Å². The Kier molecular flexibility index (Phi) is 15.2. The molecular formula is C24H42N4O3. The smallest absolute Gasteiger partial charge is 0.407 e. The molecule has 176 valence electrons. The van der Waals surface area contributed by atoms with Crippen molar-refractivity contribution in [3.63, 3.8) is 0 Å². The summed E-state index contributed by atoms with van der Waals surface area (Å²) < 4.78 is 5.16. The molecule has 0 heterocycles. The monoisotopic (exact) mass is 434 g/mol. The summed E-state index contributed by atoms with van der Waals surface area (Å²) in [6, 6.07) is 9.05. The SMILES string of the molecule is CCCCN(CCCC)CCNC(=O)[C@@H](N)CCCCNC(=O)OCc1ccccc1. The Labute approximate surface area is 188 Å². The molecule has 2 amide bonds. The van der Waals surface area contributed by atoms with E-state index < -0.39 is 12.1 Å². The van der Waals surface area contributed by atoms with Gasteiger partial charge in [0.25, 0.3) is 0 Å². The van der Waals surface area contributed by atoms with Gasteiger partial charge in [-0.25, -0.2) is 4.79 Å². The maximum atomic E-state index is 12.2. The third-order valence-corrected chi connectivity index (χ3v) is 5.14. The molecule has 0 saturated heterocycles. The van der Waals surface area contributed by atoms with E-state index in [1.54, 1.807) is 0 Å². The molecule has 31 heavy (non-hydrogen) atoms. The molecule has 4 N–H and O–H groups in total. The molecule has 1 aromatic carbocycles. The summed E-state index contributed by atoms with van der Waals surface area (Å²) >= 11 is 0. The molecule has 1 rings (SSSR count). The van der Waals surface area contributed by atoms with Crippen LogP contribution in [0.4, 0.5) is 4.79 Å². The van der Waals surface area contributed by atoms with Crippen molar-refractivity contribution in [3.8, 4) is 0 Å². The maximum Gasteiger partial charge on any atom is 0.407 e. The van der Waals surface area contributed by atoms with Crippen LogP contribution in [0, 0.1) is 0 Å². The maximum absolute atomic E-state index is 12.2. The number of carbonyl (C=O) groups is 2. The summed E-state index contributed by atoms with van der Waals surface area (Å²) in [6.45, 7) is 8.82. The molecule has 0 aromatic heterocycles. The van der Waals surface area contributed by atoms with Crippen molar-refractivity contribution < 1.29 is 14.3 Å². The molecule has 0 aliphatic carbocycles. The molecule has 7 nitrogen and oxygen atoms in total. The Balaban J connectivity index is 2.09. The lowest BCUT2D eigenvalue weighted by molar-refractivity contribution is -0.122. The summed E-state index contributed by atoms with van der Waals surface area (Å²) in [5.41, 5.74) is 6.96. The fourth-order valence-corrected chi connectivity index (χ4v) is 3.15. The van der Waals surface area contributed by atoms with E-state index in [4.69, 9.17) is 10.5 Å². The average molecular weight is 435 g/mol. The highest BCUT2D eigenvalue weighted by Gasteiger charge is 2.13. The summed E-state index contributed by atoms with van der Waals surface area (Å²) in [6.07, 6.45) is 6.42. The minimum atomic E-state index is -0.509. The van der Waals surface area contributed by atoms with E-state index in [0.29, 0.717) is 19.5 Å². The standard InChI is InChI=1S/C24H42N4O3/c1-3-5-17-28(18-6-4-2)19-16-26-23(29)22(25)14-10-11-15-27-24(30)31-20-21-12-8-7-9-13-21/h7-9,12-13,22H,3-6,10-11,14-20,25H2,1-2H3,(H,26,29)(H,27,30)/t22-/m0/s1. The largest absolute Gasteiger partial charge is 0.445 e. The fraction of sp³-hybridized carbons (Fsp3) is 0.667. The van der Waals surface area contributed by atoms with Crippen LogP contribution in [-0.2, 0) is 16.1 Å². The first kappa shape index (κ1) is 26.9. The van der Waals surface area contributed by atoms with Crippen molar-refractivity contribution >= 4 is 12.0 Å². The van der Waals surface area contributed by atoms with Crippen LogP contribution in [0.3, 0.4) is 0 Å². The number of ether oxygens (including phenoxy) is 1. The molecule has 0 unspecified atom stereocenters. The van der Waals surface area contributed by atoms with Gasteiger partial charge >= 0.3 is 6.09 Å². The predicted molar refractivity (Wildman–Crippen MR) is 126 cm³/mol. The highest BCUT2D eigenvalue weighted by atomic mass is 16.5. The third-order valence-electron chi connectivity index (χ3n) is 5.14. The molecule has 1 aromatic rings. The number of hydrogen-bond donors (Lipinski definition) is 3. The number of unbranched alkanes of at least 4 members (excludes halogenated alkanes) is 3. The Morgan fingerprint density at radius 1 is 0.935 bits per heavy atom. The summed E-state index contributed by atoms with van der Waals surface area (Å²) in [5.74, 6) is -0.0961. The number of nitrogens with zero attached hydrogens (tertiary/aromatic N) is 1. The van der Waals surface area contributed by atoms with Gasteiger partial charge in [0.15, 0.2) is 0 Å². The zero-order valence-corrected chi connectivity index (χ0v) is 19.4. The summed E-state index contributed by atoms with van der Waals surface area (Å²) in [5, 5.41) is 5.69. The molecule has 1 atom stereocenters. The van der Waals surface area contributed by atoms with Crippen molar-refractivity contribution in [1.82, 2.24) is 15.5 Å². The van der Waals surface area contributed by atoms with Gasteiger partial charge < -0.3 is 26.0 Å². The van der Waals surface area contributed by atoms with Crippen LogP contribution < -0.4 is 16.4 Å². The van der Waals surface area contributed by atoms with E-state index in [-0.39, 0.29) is 12.5 Å². The number of carbonyl (C=O) groups excluding carboxylic acids is 2. The van der Waals surface area contributed by atoms with Gasteiger partial charge in [0.1, 0.15) is 6.61 Å². The van der Waals surface area contributed by atoms with Crippen LogP contribution in [0.2, 0.25) is 0 Å². The molecule has 0 radical (unpaired) electrons. The first-order chi connectivity index (χ1) is 15.1. The highest BCUT2D eigenvalue weighted by molar-refractivity contribution is 5.81. The molecule has 0 bridgehead atoms. The van der Waals surface area contributed by atoms with Crippen LogP contribution in [-0.4, -0.2) is 55.7 Å². The number of benzene rings is 1. The lowest BCUT2D eigenvalue weighted by Crippen LogP contribution is -2.44. The fourth-order valence-electron chi connectivity index (χ4n) is 3.15. The minimum absolute atomic E-state index is 0.0961. The van der Waals surface area contributed by atoms with Crippen LogP contribution in [0.25, 0.3) is 0 Å². The van der Waals surface area contributed by atoms with E-state index in [9.17, 15) is 9.59 Å². The zero-order valence-electron chi connectivity index (χ0n) is 19.4. The predicted octanol–water partition coefficient (Wildman–Crippen LogP) is 3.43. The number of hydrogen-bond acceptors (Lipinski definition) is 5. The van der Waals surface area contributed by atoms with Gasteiger partial charge in [-0.3, -0.25) is 4.79 Å². The average Bonchev–Trinajstić information content (AvgIpc) is 2.79. The lowest BCUT2D eigenvalue weighted by Gasteiger charge is -2.22. The number of alkyl carbamates (subject to hydrolysis) is 1. The van der Waals surface area contributed by atoms with Crippen LogP contribution in [0.1, 0.15) is 64.4 Å². The lowest BCUT2D eigenvalue weighted by atomic mass is 10.1. The van der Waals surface area contributed by atoms with E-state index in [1.807, 2.05) is 30.3 Å². The second kappa shape index (κ2) is 17.5. The van der Waals surface area contributed by atoms with Crippen LogP contribution >= 0.6 is 0 Å². The van der Waals surface area contributed by atoms with E-state index in [0.717, 1.165) is 38.0 Å². The van der Waals surface area contributed by atoms with Gasteiger partial charge in [-0.15, -0.1) is 0 Å². The first-order valence-corrected chi connectivity index (χ1v) is 11.8. The van der Waals surface area contributed by atoms with Crippen molar-refractivity contribution in [2.75, 3.05) is 32.7 Å². The van der Waals surface area contributed by atoms with Gasteiger partial charge in [0, 0.05) is 19.6 Å². The van der Waals surface area contributed by atoms with Crippen molar-refractivity contribution in [3.05, 3.63) is 35.9 Å². The summed E-state index contributed by atoms with van der Waals surface area (Å²) in [7, 11) is 0. The first-order valence-electron chi connectivity index (χ1n) is 11.8. The Bertz CT molecular complexity index is 590. The van der Waals surface area contributed by atoms with Gasteiger partial charge in [-0.2, -0.15) is 0 Å². The second-order valence-electron chi connectivity index (χ2n) is 7.93. The Hall–Kier alpha value is -2.12. The molecule has 0 saturated carbocycles. The van der Waals surface area contributed by atoms with E-state index >= 15 is 0 Å². The Morgan fingerprint density at radius 2 is 1.61 bits per heavy atom. The topological polar surface area (TPSA) is 96.7 Å². The molecular weight excluding hydrogens is 392 g/mol. The quantitative estimate of drug-likeness (QED) is 0.326. The normalized spacial score (nSPS) is 11.9. The molecule has 0 spiro atoms. The highest BCUT2D eigenvalue weighted by Crippen LogP contribution is 2.02. The number of rotatable bonds is 17. The van der Waals surface area contributed by atoms with Gasteiger partial charge in [0.2, 0.25) is 5.91 Å². The summed E-state index contributed by atoms with van der Waals surface area (Å²) in [4.78, 5) is 26.3. The molecule has 0 fully saturated rings.